The molecule has 3 aliphatic rings. The number of carbonyl (C=O) groups is 2. The molecule has 0 fully saturated rings. The van der Waals surface area contributed by atoms with E-state index >= 15 is 0 Å². The molecule has 1 atom stereocenters. The zero-order valence-electron chi connectivity index (χ0n) is 20.4. The van der Waals surface area contributed by atoms with Crippen LogP contribution in [0.25, 0.3) is 0 Å². The number of amides is 2. The van der Waals surface area contributed by atoms with Crippen LogP contribution in [0.3, 0.4) is 0 Å². The fraction of sp³-hybridized carbons (Fsp3) is 0.185. The molecule has 1 unspecified atom stereocenters. The van der Waals surface area contributed by atoms with Gasteiger partial charge in [-0.05, 0) is 35.4 Å². The predicted molar refractivity (Wildman–Crippen MR) is 144 cm³/mol. The lowest BCUT2D eigenvalue weighted by Gasteiger charge is -2.30. The number of aliphatic imine (C=N–C) groups is 2. The van der Waals surface area contributed by atoms with E-state index in [1.165, 1.54) is 23.9 Å². The Kier molecular flexibility index (Phi) is 6.45. The molecule has 0 saturated carbocycles. The van der Waals surface area contributed by atoms with Gasteiger partial charge in [0, 0.05) is 30.0 Å². The minimum atomic E-state index is -0.860. The van der Waals surface area contributed by atoms with Gasteiger partial charge in [-0.25, -0.2) is 4.99 Å². The summed E-state index contributed by atoms with van der Waals surface area (Å²) in [5.41, 5.74) is 2.94. The molecule has 196 valence electrons. The highest BCUT2D eigenvalue weighted by Gasteiger charge is 2.42. The number of non-ortho nitro benzene ring substituents is 1. The monoisotopic (exact) mass is 543 g/mol. The molecule has 0 aromatic heterocycles. The normalized spacial score (nSPS) is 16.8. The standard InChI is InChI=1S/C27H21N5O6S/c33-24(28-13-16-8-9-22-23(11-16)38-15-37-22)12-21-26(34)30-25-19-6-1-2-7-20(19)29-27(31(21)25)39-14-17-4-3-5-18(10-17)32(35)36/h1-11,21H,12-15H2,(H,28,33). The van der Waals surface area contributed by atoms with Crippen LogP contribution in [0, 0.1) is 10.1 Å². The first-order valence-electron chi connectivity index (χ1n) is 12.1. The van der Waals surface area contributed by atoms with Crippen LogP contribution in [0.5, 0.6) is 11.5 Å². The summed E-state index contributed by atoms with van der Waals surface area (Å²) in [6.07, 6.45) is -0.116. The second-order valence-corrected chi connectivity index (χ2v) is 9.90. The zero-order chi connectivity index (χ0) is 26.9. The van der Waals surface area contributed by atoms with Crippen LogP contribution in [0.15, 0.2) is 76.7 Å². The lowest BCUT2D eigenvalue weighted by molar-refractivity contribution is -0.384. The minimum Gasteiger partial charge on any atom is -0.454 e. The Morgan fingerprint density at radius 3 is 2.77 bits per heavy atom. The second kappa shape index (κ2) is 10.2. The van der Waals surface area contributed by atoms with Crippen molar-refractivity contribution in [2.24, 2.45) is 9.98 Å². The number of thioether (sulfide) groups is 1. The number of nitrogens with one attached hydrogen (secondary N) is 1. The molecule has 11 nitrogen and oxygen atoms in total. The number of nitro groups is 1. The topological polar surface area (TPSA) is 136 Å². The van der Waals surface area contributed by atoms with Crippen molar-refractivity contribution in [2.45, 2.75) is 24.8 Å². The van der Waals surface area contributed by atoms with Gasteiger partial charge in [-0.1, -0.05) is 42.1 Å². The van der Waals surface area contributed by atoms with Crippen molar-refractivity contribution in [3.05, 3.63) is 93.5 Å². The van der Waals surface area contributed by atoms with Crippen molar-refractivity contribution in [1.82, 2.24) is 10.2 Å². The first-order chi connectivity index (χ1) is 19.0. The third kappa shape index (κ3) is 4.93. The van der Waals surface area contributed by atoms with Gasteiger partial charge in [-0.15, -0.1) is 0 Å². The van der Waals surface area contributed by atoms with Gasteiger partial charge in [0.15, 0.2) is 16.7 Å². The molecule has 0 aliphatic carbocycles. The Hall–Kier alpha value is -4.71. The van der Waals surface area contributed by atoms with Crippen LogP contribution < -0.4 is 14.8 Å². The van der Waals surface area contributed by atoms with Crippen molar-refractivity contribution in [3.63, 3.8) is 0 Å². The molecule has 0 saturated heterocycles. The van der Waals surface area contributed by atoms with Crippen LogP contribution in [0.2, 0.25) is 0 Å². The average molecular weight is 544 g/mol. The van der Waals surface area contributed by atoms with Gasteiger partial charge in [0.05, 0.1) is 17.0 Å². The van der Waals surface area contributed by atoms with E-state index in [9.17, 15) is 19.7 Å². The summed E-state index contributed by atoms with van der Waals surface area (Å²) in [4.78, 5) is 47.5. The summed E-state index contributed by atoms with van der Waals surface area (Å²) in [5, 5.41) is 14.5. The number of hydrogen-bond donors (Lipinski definition) is 1. The first kappa shape index (κ1) is 24.6. The molecule has 3 aliphatic heterocycles. The molecule has 3 aromatic rings. The summed E-state index contributed by atoms with van der Waals surface area (Å²) in [6, 6.07) is 18.3. The van der Waals surface area contributed by atoms with Crippen LogP contribution in [0.4, 0.5) is 11.4 Å². The molecule has 1 N–H and O–H groups in total. The van der Waals surface area contributed by atoms with Gasteiger partial charge in [0.2, 0.25) is 12.7 Å². The van der Waals surface area contributed by atoms with Crippen LogP contribution in [-0.2, 0) is 21.9 Å². The number of fused-ring (bicyclic) bond motifs is 4. The summed E-state index contributed by atoms with van der Waals surface area (Å²) < 4.78 is 10.7. The van der Waals surface area contributed by atoms with Crippen LogP contribution in [-0.4, -0.2) is 45.5 Å². The Morgan fingerprint density at radius 2 is 1.90 bits per heavy atom. The lowest BCUT2D eigenvalue weighted by Crippen LogP contribution is -2.45. The quantitative estimate of drug-likeness (QED) is 0.350. The lowest BCUT2D eigenvalue weighted by atomic mass is 10.1. The Balaban J connectivity index is 1.20. The van der Waals surface area contributed by atoms with E-state index in [-0.39, 0.29) is 31.4 Å². The van der Waals surface area contributed by atoms with E-state index in [0.717, 1.165) is 11.1 Å². The molecular weight excluding hydrogens is 522 g/mol. The molecule has 39 heavy (non-hydrogen) atoms. The average Bonchev–Trinajstić information content (AvgIpc) is 3.55. The van der Waals surface area contributed by atoms with E-state index in [1.54, 1.807) is 29.2 Å². The van der Waals surface area contributed by atoms with Crippen LogP contribution >= 0.6 is 11.8 Å². The highest BCUT2D eigenvalue weighted by molar-refractivity contribution is 8.13. The maximum Gasteiger partial charge on any atom is 0.271 e. The number of ether oxygens (including phenoxy) is 2. The third-order valence-corrected chi connectivity index (χ3v) is 7.43. The largest absolute Gasteiger partial charge is 0.454 e. The number of nitrogens with zero attached hydrogens (tertiary/aromatic N) is 4. The highest BCUT2D eigenvalue weighted by Crippen LogP contribution is 2.36. The maximum absolute atomic E-state index is 13.0. The van der Waals surface area contributed by atoms with E-state index < -0.39 is 16.9 Å². The molecule has 2 amide bonds. The molecule has 3 aromatic carbocycles. The fourth-order valence-corrected chi connectivity index (χ4v) is 5.50. The van der Waals surface area contributed by atoms with Crippen molar-refractivity contribution in [2.75, 3.05) is 6.79 Å². The summed E-state index contributed by atoms with van der Waals surface area (Å²) in [7, 11) is 0. The van der Waals surface area contributed by atoms with Gasteiger partial charge < -0.3 is 14.8 Å². The van der Waals surface area contributed by atoms with E-state index in [1.807, 2.05) is 30.3 Å². The molecule has 12 heteroatoms. The fourth-order valence-electron chi connectivity index (χ4n) is 4.51. The minimum absolute atomic E-state index is 0.000336. The summed E-state index contributed by atoms with van der Waals surface area (Å²) in [5.74, 6) is 1.36. The van der Waals surface area contributed by atoms with Crippen molar-refractivity contribution in [1.29, 1.82) is 0 Å². The van der Waals surface area contributed by atoms with E-state index in [2.05, 4.69) is 10.3 Å². The molecule has 0 radical (unpaired) electrons. The highest BCUT2D eigenvalue weighted by atomic mass is 32.2. The van der Waals surface area contributed by atoms with Gasteiger partial charge in [0.25, 0.3) is 11.6 Å². The molecular formula is C27H21N5O6S. The molecule has 0 spiro atoms. The van der Waals surface area contributed by atoms with Crippen molar-refractivity contribution >= 4 is 46.0 Å². The third-order valence-electron chi connectivity index (χ3n) is 6.40. The van der Waals surface area contributed by atoms with Gasteiger partial charge in [0.1, 0.15) is 11.9 Å². The molecule has 3 heterocycles. The van der Waals surface area contributed by atoms with E-state index in [0.29, 0.717) is 39.5 Å². The molecule has 0 bridgehead atoms. The zero-order valence-corrected chi connectivity index (χ0v) is 21.2. The Bertz CT molecular complexity index is 1570. The number of hydrogen-bond acceptors (Lipinski definition) is 9. The number of rotatable bonds is 7. The number of nitro benzene ring substituents is 1. The van der Waals surface area contributed by atoms with Gasteiger partial charge >= 0.3 is 0 Å². The Morgan fingerprint density at radius 1 is 1.05 bits per heavy atom. The van der Waals surface area contributed by atoms with Gasteiger partial charge in [-0.2, -0.15) is 4.99 Å². The molecule has 6 rings (SSSR count). The Labute approximate surface area is 226 Å². The smallest absolute Gasteiger partial charge is 0.271 e. The number of para-hydroxylation sites is 1. The van der Waals surface area contributed by atoms with Crippen molar-refractivity contribution in [3.8, 4) is 11.5 Å². The van der Waals surface area contributed by atoms with Gasteiger partial charge in [-0.3, -0.25) is 24.6 Å². The summed E-state index contributed by atoms with van der Waals surface area (Å²) in [6.45, 7) is 0.425. The van der Waals surface area contributed by atoms with E-state index in [4.69, 9.17) is 14.5 Å². The maximum atomic E-state index is 13.0. The number of carbonyl (C=O) groups excluding carboxylic acids is 2. The van der Waals surface area contributed by atoms with Crippen molar-refractivity contribution < 1.29 is 24.0 Å². The number of amidine groups is 2. The second-order valence-electron chi connectivity index (χ2n) is 8.96. The predicted octanol–water partition coefficient (Wildman–Crippen LogP) is 3.92. The summed E-state index contributed by atoms with van der Waals surface area (Å²) >= 11 is 1.33. The van der Waals surface area contributed by atoms with Crippen LogP contribution in [0.1, 0.15) is 23.1 Å². The first-order valence-corrected chi connectivity index (χ1v) is 13.1. The number of benzene rings is 3. The SMILES string of the molecule is O=C(CC1C(=O)N=C2c3ccccc3N=C(SCc3cccc([N+](=O)[O-])c3)N21)NCc1ccc2c(c1)OCO2.